The van der Waals surface area contributed by atoms with E-state index in [1.165, 1.54) is 0 Å². The maximum Gasteiger partial charge on any atom is 0.346 e. The van der Waals surface area contributed by atoms with Crippen LogP contribution in [-0.4, -0.2) is 34.3 Å². The molecule has 0 spiro atoms. The first-order valence-corrected chi connectivity index (χ1v) is 7.57. The van der Waals surface area contributed by atoms with Crippen molar-refractivity contribution < 1.29 is 14.6 Å². The average Bonchev–Trinajstić information content (AvgIpc) is 2.76. The van der Waals surface area contributed by atoms with E-state index in [-0.39, 0.29) is 10.4 Å². The van der Waals surface area contributed by atoms with Crippen LogP contribution in [0.15, 0.2) is 4.79 Å². The standard InChI is InChI=1S/C14H18N2O4S/c1-4-5-9-15-12-10(8(2)11(21-12)14(18)19)13(17)16(9)6-7-20-3/h4-7H2,1-3H3,(H,18,19). The maximum absolute atomic E-state index is 12.7. The highest BCUT2D eigenvalue weighted by molar-refractivity contribution is 7.20. The van der Waals surface area contributed by atoms with Crippen molar-refractivity contribution in [2.45, 2.75) is 33.2 Å². The molecule has 2 rings (SSSR count). The fraction of sp³-hybridized carbons (Fsp3) is 0.500. The summed E-state index contributed by atoms with van der Waals surface area (Å²) in [6.07, 6.45) is 1.54. The van der Waals surface area contributed by atoms with E-state index < -0.39 is 5.97 Å². The summed E-state index contributed by atoms with van der Waals surface area (Å²) in [5.74, 6) is -0.333. The molecule has 0 aliphatic carbocycles. The number of carbonyl (C=O) groups is 1. The molecule has 21 heavy (non-hydrogen) atoms. The van der Waals surface area contributed by atoms with E-state index in [0.29, 0.717) is 41.2 Å². The van der Waals surface area contributed by atoms with E-state index in [1.54, 1.807) is 18.6 Å². The molecule has 0 atom stereocenters. The smallest absolute Gasteiger partial charge is 0.346 e. The minimum Gasteiger partial charge on any atom is -0.477 e. The molecule has 2 heterocycles. The molecule has 0 saturated carbocycles. The average molecular weight is 310 g/mol. The van der Waals surface area contributed by atoms with E-state index in [9.17, 15) is 14.7 Å². The van der Waals surface area contributed by atoms with E-state index in [2.05, 4.69) is 4.98 Å². The summed E-state index contributed by atoms with van der Waals surface area (Å²) in [4.78, 5) is 29.1. The van der Waals surface area contributed by atoms with Crippen molar-refractivity contribution >= 4 is 27.5 Å². The number of carboxylic acid groups (broad SMARTS) is 1. The lowest BCUT2D eigenvalue weighted by Crippen LogP contribution is -2.27. The van der Waals surface area contributed by atoms with E-state index in [1.807, 2.05) is 6.92 Å². The van der Waals surface area contributed by atoms with Gasteiger partial charge in [-0.1, -0.05) is 6.92 Å². The van der Waals surface area contributed by atoms with E-state index in [0.717, 1.165) is 17.8 Å². The summed E-state index contributed by atoms with van der Waals surface area (Å²) in [5, 5.41) is 9.61. The molecule has 7 heteroatoms. The number of hydrogen-bond acceptors (Lipinski definition) is 5. The number of thiophene rings is 1. The normalized spacial score (nSPS) is 11.2. The lowest BCUT2D eigenvalue weighted by Gasteiger charge is -2.11. The lowest BCUT2D eigenvalue weighted by atomic mass is 10.2. The Balaban J connectivity index is 2.72. The van der Waals surface area contributed by atoms with Crippen molar-refractivity contribution in [2.24, 2.45) is 0 Å². The Morgan fingerprint density at radius 3 is 2.76 bits per heavy atom. The van der Waals surface area contributed by atoms with Gasteiger partial charge in [0.1, 0.15) is 15.5 Å². The molecule has 0 saturated heterocycles. The van der Waals surface area contributed by atoms with Crippen LogP contribution < -0.4 is 5.56 Å². The highest BCUT2D eigenvalue weighted by atomic mass is 32.1. The van der Waals surface area contributed by atoms with Gasteiger partial charge in [0.2, 0.25) is 0 Å². The molecule has 2 aromatic heterocycles. The quantitative estimate of drug-likeness (QED) is 0.883. The number of carboxylic acids is 1. The maximum atomic E-state index is 12.7. The van der Waals surface area contributed by atoms with Gasteiger partial charge < -0.3 is 9.84 Å². The largest absolute Gasteiger partial charge is 0.477 e. The third-order valence-electron chi connectivity index (χ3n) is 3.32. The Kier molecular flexibility index (Phi) is 4.74. The first-order valence-electron chi connectivity index (χ1n) is 6.76. The van der Waals surface area contributed by atoms with Gasteiger partial charge in [-0.3, -0.25) is 9.36 Å². The topological polar surface area (TPSA) is 81.4 Å². The van der Waals surface area contributed by atoms with Gasteiger partial charge in [0.05, 0.1) is 18.5 Å². The van der Waals surface area contributed by atoms with Crippen LogP contribution in [0.4, 0.5) is 0 Å². The van der Waals surface area contributed by atoms with Gasteiger partial charge in [-0.2, -0.15) is 0 Å². The zero-order chi connectivity index (χ0) is 15.6. The van der Waals surface area contributed by atoms with E-state index in [4.69, 9.17) is 4.74 Å². The minimum absolute atomic E-state index is 0.179. The van der Waals surface area contributed by atoms with E-state index >= 15 is 0 Å². The SMILES string of the molecule is CCCc1nc2sc(C(=O)O)c(C)c2c(=O)n1CCOC. The molecule has 0 bridgehead atoms. The molecule has 0 aromatic carbocycles. The van der Waals surface area contributed by atoms with Gasteiger partial charge >= 0.3 is 5.97 Å². The molecule has 0 aliphatic heterocycles. The fourth-order valence-electron chi connectivity index (χ4n) is 2.29. The first kappa shape index (κ1) is 15.7. The Hall–Kier alpha value is -1.73. The van der Waals surface area contributed by atoms with Gasteiger partial charge in [0.25, 0.3) is 5.56 Å². The Morgan fingerprint density at radius 2 is 2.19 bits per heavy atom. The van der Waals surface area contributed by atoms with Gasteiger partial charge in [0, 0.05) is 13.5 Å². The number of hydrogen-bond donors (Lipinski definition) is 1. The monoisotopic (exact) mass is 310 g/mol. The molecule has 0 radical (unpaired) electrons. The zero-order valence-electron chi connectivity index (χ0n) is 12.3. The van der Waals surface area contributed by atoms with Crippen molar-refractivity contribution in [1.82, 2.24) is 9.55 Å². The number of methoxy groups -OCH3 is 1. The molecule has 0 amide bonds. The van der Waals surface area contributed by atoms with Crippen LogP contribution in [-0.2, 0) is 17.7 Å². The second-order valence-corrected chi connectivity index (χ2v) is 5.77. The molecule has 2 aromatic rings. The molecule has 0 unspecified atom stereocenters. The predicted molar refractivity (Wildman–Crippen MR) is 81.4 cm³/mol. The number of aromatic nitrogens is 2. The predicted octanol–water partition coefficient (Wildman–Crippen LogP) is 2.06. The van der Waals surface area contributed by atoms with Crippen LogP contribution in [0.2, 0.25) is 0 Å². The van der Waals surface area contributed by atoms with Crippen LogP contribution in [0.5, 0.6) is 0 Å². The van der Waals surface area contributed by atoms with Crippen LogP contribution in [0, 0.1) is 6.92 Å². The highest BCUT2D eigenvalue weighted by Gasteiger charge is 2.20. The first-order chi connectivity index (χ1) is 10.0. The zero-order valence-corrected chi connectivity index (χ0v) is 13.1. The molecule has 0 aliphatic rings. The van der Waals surface area contributed by atoms with Gasteiger partial charge in [-0.25, -0.2) is 9.78 Å². The van der Waals surface area contributed by atoms with Crippen LogP contribution >= 0.6 is 11.3 Å². The number of ether oxygens (including phenoxy) is 1. The van der Waals surface area contributed by atoms with Crippen molar-refractivity contribution in [3.8, 4) is 0 Å². The Morgan fingerprint density at radius 1 is 1.48 bits per heavy atom. The molecular weight excluding hydrogens is 292 g/mol. The van der Waals surface area contributed by atoms with Crippen LogP contribution in [0.25, 0.3) is 10.2 Å². The van der Waals surface area contributed by atoms with Gasteiger partial charge in [-0.15, -0.1) is 11.3 Å². The van der Waals surface area contributed by atoms with Crippen molar-refractivity contribution in [2.75, 3.05) is 13.7 Å². The summed E-state index contributed by atoms with van der Waals surface area (Å²) >= 11 is 1.06. The Bertz CT molecular complexity index is 733. The van der Waals surface area contributed by atoms with Crippen molar-refractivity contribution in [3.63, 3.8) is 0 Å². The van der Waals surface area contributed by atoms with Crippen molar-refractivity contribution in [3.05, 3.63) is 26.6 Å². The summed E-state index contributed by atoms with van der Waals surface area (Å²) in [6, 6.07) is 0. The second-order valence-electron chi connectivity index (χ2n) is 4.77. The number of rotatable bonds is 6. The third-order valence-corrected chi connectivity index (χ3v) is 4.49. The number of aryl methyl sites for hydroxylation is 2. The highest BCUT2D eigenvalue weighted by Crippen LogP contribution is 2.27. The van der Waals surface area contributed by atoms with Crippen molar-refractivity contribution in [1.29, 1.82) is 0 Å². The molecular formula is C14H18N2O4S. The lowest BCUT2D eigenvalue weighted by molar-refractivity contribution is 0.0701. The molecule has 1 N–H and O–H groups in total. The summed E-state index contributed by atoms with van der Waals surface area (Å²) in [7, 11) is 1.58. The van der Waals surface area contributed by atoms with Crippen LogP contribution in [0.3, 0.4) is 0 Å². The molecule has 114 valence electrons. The number of fused-ring (bicyclic) bond motifs is 1. The molecule has 6 nitrogen and oxygen atoms in total. The second kappa shape index (κ2) is 6.36. The fourth-order valence-corrected chi connectivity index (χ4v) is 3.32. The number of aromatic carboxylic acids is 1. The summed E-state index contributed by atoms with van der Waals surface area (Å²) in [5.41, 5.74) is 0.316. The minimum atomic E-state index is -1.02. The third kappa shape index (κ3) is 2.84. The van der Waals surface area contributed by atoms with Gasteiger partial charge in [0.15, 0.2) is 0 Å². The van der Waals surface area contributed by atoms with Gasteiger partial charge in [-0.05, 0) is 18.9 Å². The Labute approximate surface area is 126 Å². The summed E-state index contributed by atoms with van der Waals surface area (Å²) in [6.45, 7) is 4.51. The van der Waals surface area contributed by atoms with Crippen LogP contribution in [0.1, 0.15) is 34.4 Å². The number of nitrogens with zero attached hydrogens (tertiary/aromatic N) is 2. The molecule has 0 fully saturated rings. The summed E-state index contributed by atoms with van der Waals surface area (Å²) < 4.78 is 6.64.